The summed E-state index contributed by atoms with van der Waals surface area (Å²) in [6.07, 6.45) is 7.26. The Kier molecular flexibility index (Phi) is 4.56. The normalized spacial score (nSPS) is 28.4. The van der Waals surface area contributed by atoms with Gasteiger partial charge in [0, 0.05) is 5.92 Å². The zero-order valence-corrected chi connectivity index (χ0v) is 10.5. The highest BCUT2D eigenvalue weighted by molar-refractivity contribution is 5.77. The van der Waals surface area contributed by atoms with E-state index in [2.05, 4.69) is 26.8 Å². The monoisotopic (exact) mass is 208 g/mol. The fourth-order valence-corrected chi connectivity index (χ4v) is 2.42. The number of rotatable bonds is 4. The topological polar surface area (TPSA) is 17.1 Å². The molecule has 0 radical (unpaired) electrons. The number of carbonyl (C=O) groups excluding carboxylic acids is 1. The van der Waals surface area contributed by atoms with Crippen molar-refractivity contribution in [1.29, 1.82) is 0 Å². The van der Waals surface area contributed by atoms with E-state index in [-0.39, 0.29) is 5.92 Å². The maximum absolute atomic E-state index is 11.1. The summed E-state index contributed by atoms with van der Waals surface area (Å²) in [6, 6.07) is 0. The molecule has 1 aliphatic carbocycles. The average Bonchev–Trinajstić information content (AvgIpc) is 2.15. The lowest BCUT2D eigenvalue weighted by atomic mass is 9.78. The predicted molar refractivity (Wildman–Crippen MR) is 64.7 cm³/mol. The third-order valence-corrected chi connectivity index (χ3v) is 3.86. The van der Waals surface area contributed by atoms with Crippen molar-refractivity contribution in [3.63, 3.8) is 0 Å². The molecular formula is C14H24O. The Labute approximate surface area is 93.9 Å². The number of allylic oxidation sites excluding steroid dienone is 2. The number of hydrogen-bond acceptors (Lipinski definition) is 1. The zero-order valence-electron chi connectivity index (χ0n) is 10.5. The van der Waals surface area contributed by atoms with Crippen molar-refractivity contribution in [3.8, 4) is 0 Å². The van der Waals surface area contributed by atoms with Crippen LogP contribution in [0, 0.1) is 17.8 Å². The molecule has 0 spiro atoms. The third kappa shape index (κ3) is 3.81. The van der Waals surface area contributed by atoms with Crippen molar-refractivity contribution in [2.24, 2.45) is 17.8 Å². The van der Waals surface area contributed by atoms with Gasteiger partial charge in [0.05, 0.1) is 0 Å². The largest absolute Gasteiger partial charge is 0.300 e. The fourth-order valence-electron chi connectivity index (χ4n) is 2.42. The van der Waals surface area contributed by atoms with Gasteiger partial charge in [0.2, 0.25) is 0 Å². The second-order valence-corrected chi connectivity index (χ2v) is 5.26. The first-order valence-corrected chi connectivity index (χ1v) is 6.18. The first kappa shape index (κ1) is 12.5. The molecule has 15 heavy (non-hydrogen) atoms. The van der Waals surface area contributed by atoms with Gasteiger partial charge in [-0.3, -0.25) is 4.79 Å². The van der Waals surface area contributed by atoms with E-state index >= 15 is 0 Å². The molecule has 3 atom stereocenters. The molecule has 1 unspecified atom stereocenters. The standard InChI is InChI=1S/C14H24O/c1-10-5-7-14(12(3)9-10)8-6-11(2)13(4)15/h9,11-12,14H,5-8H2,1-4H3/t11-,12?,14+/m0/s1. The van der Waals surface area contributed by atoms with Gasteiger partial charge in [0.15, 0.2) is 0 Å². The van der Waals surface area contributed by atoms with Gasteiger partial charge in [-0.2, -0.15) is 0 Å². The minimum Gasteiger partial charge on any atom is -0.300 e. The Morgan fingerprint density at radius 3 is 2.80 bits per heavy atom. The van der Waals surface area contributed by atoms with E-state index in [1.807, 2.05) is 0 Å². The molecule has 86 valence electrons. The van der Waals surface area contributed by atoms with E-state index in [4.69, 9.17) is 0 Å². The molecule has 0 aromatic heterocycles. The summed E-state index contributed by atoms with van der Waals surface area (Å²) in [5, 5.41) is 0. The second kappa shape index (κ2) is 5.48. The van der Waals surface area contributed by atoms with Crippen molar-refractivity contribution in [2.75, 3.05) is 0 Å². The van der Waals surface area contributed by atoms with Crippen molar-refractivity contribution in [3.05, 3.63) is 11.6 Å². The van der Waals surface area contributed by atoms with Gasteiger partial charge >= 0.3 is 0 Å². The van der Waals surface area contributed by atoms with Crippen LogP contribution in [0.1, 0.15) is 53.4 Å². The van der Waals surface area contributed by atoms with Crippen LogP contribution in [-0.4, -0.2) is 5.78 Å². The lowest BCUT2D eigenvalue weighted by Crippen LogP contribution is -2.17. The van der Waals surface area contributed by atoms with Gasteiger partial charge in [-0.15, -0.1) is 0 Å². The molecule has 1 aliphatic rings. The molecule has 1 nitrogen and oxygen atoms in total. The Balaban J connectivity index is 2.37. The number of Topliss-reactive ketones (excluding diaryl/α,β-unsaturated/α-hetero) is 1. The molecule has 0 N–H and O–H groups in total. The van der Waals surface area contributed by atoms with Gasteiger partial charge in [-0.05, 0) is 51.4 Å². The van der Waals surface area contributed by atoms with E-state index in [0.29, 0.717) is 11.7 Å². The van der Waals surface area contributed by atoms with Crippen molar-refractivity contribution >= 4 is 5.78 Å². The first-order valence-electron chi connectivity index (χ1n) is 6.18. The Morgan fingerprint density at radius 2 is 2.27 bits per heavy atom. The summed E-state index contributed by atoms with van der Waals surface area (Å²) >= 11 is 0. The summed E-state index contributed by atoms with van der Waals surface area (Å²) in [5.41, 5.74) is 1.54. The molecule has 0 fully saturated rings. The first-order chi connectivity index (χ1) is 7.00. The minimum atomic E-state index is 0.254. The van der Waals surface area contributed by atoms with Crippen molar-refractivity contribution < 1.29 is 4.79 Å². The third-order valence-electron chi connectivity index (χ3n) is 3.86. The lowest BCUT2D eigenvalue weighted by Gasteiger charge is -2.27. The van der Waals surface area contributed by atoms with Crippen molar-refractivity contribution in [2.45, 2.75) is 53.4 Å². The lowest BCUT2D eigenvalue weighted by molar-refractivity contribution is -0.120. The van der Waals surface area contributed by atoms with Crippen LogP contribution in [0.4, 0.5) is 0 Å². The fraction of sp³-hybridized carbons (Fsp3) is 0.786. The Hall–Kier alpha value is -0.590. The molecule has 0 amide bonds. The quantitative estimate of drug-likeness (QED) is 0.639. The SMILES string of the molecule is CC(=O)[C@@H](C)CC[C@H]1CCC(C)=CC1C. The highest BCUT2D eigenvalue weighted by atomic mass is 16.1. The number of carbonyl (C=O) groups is 1. The molecule has 0 aromatic rings. The van der Waals surface area contributed by atoms with Crippen LogP contribution in [0.15, 0.2) is 11.6 Å². The predicted octanol–water partition coefficient (Wildman–Crippen LogP) is 3.98. The molecule has 0 aliphatic heterocycles. The van der Waals surface area contributed by atoms with E-state index in [0.717, 1.165) is 12.3 Å². The maximum atomic E-state index is 11.1. The van der Waals surface area contributed by atoms with Crippen LogP contribution in [0.5, 0.6) is 0 Å². The van der Waals surface area contributed by atoms with Gasteiger partial charge in [0.1, 0.15) is 5.78 Å². The summed E-state index contributed by atoms with van der Waals surface area (Å²) in [4.78, 5) is 11.1. The van der Waals surface area contributed by atoms with Crippen LogP contribution in [0.3, 0.4) is 0 Å². The maximum Gasteiger partial charge on any atom is 0.132 e. The number of hydrogen-bond donors (Lipinski definition) is 0. The van der Waals surface area contributed by atoms with Gasteiger partial charge in [-0.25, -0.2) is 0 Å². The molecule has 0 bridgehead atoms. The average molecular weight is 208 g/mol. The summed E-state index contributed by atoms with van der Waals surface area (Å²) < 4.78 is 0. The van der Waals surface area contributed by atoms with E-state index < -0.39 is 0 Å². The summed E-state index contributed by atoms with van der Waals surface area (Å²) in [5.74, 6) is 2.10. The minimum absolute atomic E-state index is 0.254. The van der Waals surface area contributed by atoms with Crippen LogP contribution in [0.2, 0.25) is 0 Å². The highest BCUT2D eigenvalue weighted by Gasteiger charge is 2.20. The highest BCUT2D eigenvalue weighted by Crippen LogP contribution is 2.32. The smallest absolute Gasteiger partial charge is 0.132 e. The van der Waals surface area contributed by atoms with Gasteiger partial charge in [-0.1, -0.05) is 25.5 Å². The van der Waals surface area contributed by atoms with Gasteiger partial charge < -0.3 is 0 Å². The molecular weight excluding hydrogens is 184 g/mol. The molecule has 0 saturated heterocycles. The van der Waals surface area contributed by atoms with Crippen LogP contribution < -0.4 is 0 Å². The Morgan fingerprint density at radius 1 is 1.60 bits per heavy atom. The van der Waals surface area contributed by atoms with E-state index in [9.17, 15) is 4.79 Å². The molecule has 1 heteroatoms. The number of ketones is 1. The molecule has 0 saturated carbocycles. The zero-order chi connectivity index (χ0) is 11.4. The summed E-state index contributed by atoms with van der Waals surface area (Å²) in [7, 11) is 0. The van der Waals surface area contributed by atoms with Crippen LogP contribution in [0.25, 0.3) is 0 Å². The van der Waals surface area contributed by atoms with E-state index in [1.165, 1.54) is 19.3 Å². The molecule has 1 rings (SSSR count). The van der Waals surface area contributed by atoms with Crippen LogP contribution >= 0.6 is 0 Å². The van der Waals surface area contributed by atoms with Gasteiger partial charge in [0.25, 0.3) is 0 Å². The van der Waals surface area contributed by atoms with Crippen LogP contribution in [-0.2, 0) is 4.79 Å². The Bertz CT molecular complexity index is 252. The van der Waals surface area contributed by atoms with Crippen molar-refractivity contribution in [1.82, 2.24) is 0 Å². The van der Waals surface area contributed by atoms with E-state index in [1.54, 1.807) is 12.5 Å². The summed E-state index contributed by atoms with van der Waals surface area (Å²) in [6.45, 7) is 8.30. The second-order valence-electron chi connectivity index (χ2n) is 5.26. The molecule has 0 aromatic carbocycles. The molecule has 0 heterocycles.